The SMILES string of the molecule is C=C/C=C\C=C(/C)Cc1cc(C(=O)NNC(=O)CNc2ccccc2)n(-c2ccccc2)n1. The Kier molecular flexibility index (Phi) is 8.36. The molecular formula is C26H27N5O2. The summed E-state index contributed by atoms with van der Waals surface area (Å²) >= 11 is 0. The molecule has 3 rings (SSSR count). The van der Waals surface area contributed by atoms with Crippen LogP contribution in [0.4, 0.5) is 5.69 Å². The van der Waals surface area contributed by atoms with Crippen LogP contribution in [0.2, 0.25) is 0 Å². The third-order valence-corrected chi connectivity index (χ3v) is 4.62. The van der Waals surface area contributed by atoms with Crippen LogP contribution in [0.15, 0.2) is 103 Å². The van der Waals surface area contributed by atoms with Gasteiger partial charge < -0.3 is 5.32 Å². The van der Waals surface area contributed by atoms with Gasteiger partial charge in [-0.2, -0.15) is 5.10 Å². The molecule has 0 bridgehead atoms. The average Bonchev–Trinajstić information content (AvgIpc) is 3.26. The first kappa shape index (κ1) is 23.3. The molecule has 168 valence electrons. The van der Waals surface area contributed by atoms with Crippen molar-refractivity contribution in [3.05, 3.63) is 115 Å². The zero-order valence-electron chi connectivity index (χ0n) is 18.5. The van der Waals surface area contributed by atoms with E-state index in [1.54, 1.807) is 16.8 Å². The number of nitrogens with zero attached hydrogens (tertiary/aromatic N) is 2. The Morgan fingerprint density at radius 2 is 1.70 bits per heavy atom. The number of anilines is 1. The van der Waals surface area contributed by atoms with Gasteiger partial charge >= 0.3 is 0 Å². The maximum absolute atomic E-state index is 12.9. The Bertz CT molecular complexity index is 1150. The number of aromatic nitrogens is 2. The molecular weight excluding hydrogens is 414 g/mol. The molecule has 0 fully saturated rings. The monoisotopic (exact) mass is 441 g/mol. The number of amides is 2. The van der Waals surface area contributed by atoms with E-state index >= 15 is 0 Å². The summed E-state index contributed by atoms with van der Waals surface area (Å²) in [6.07, 6.45) is 8.02. The molecule has 2 amide bonds. The second kappa shape index (κ2) is 11.9. The van der Waals surface area contributed by atoms with Crippen molar-refractivity contribution >= 4 is 17.5 Å². The molecule has 0 aliphatic carbocycles. The van der Waals surface area contributed by atoms with Gasteiger partial charge in [0, 0.05) is 12.1 Å². The Labute approximate surface area is 193 Å². The molecule has 0 atom stereocenters. The zero-order chi connectivity index (χ0) is 23.5. The van der Waals surface area contributed by atoms with Crippen LogP contribution in [0, 0.1) is 0 Å². The number of hydrogen-bond donors (Lipinski definition) is 3. The van der Waals surface area contributed by atoms with Crippen molar-refractivity contribution in [3.63, 3.8) is 0 Å². The molecule has 0 radical (unpaired) electrons. The zero-order valence-corrected chi connectivity index (χ0v) is 18.5. The van der Waals surface area contributed by atoms with Gasteiger partial charge in [0.1, 0.15) is 5.69 Å². The lowest BCUT2D eigenvalue weighted by molar-refractivity contribution is -0.120. The lowest BCUT2D eigenvalue weighted by atomic mass is 10.1. The number of nitrogens with one attached hydrogen (secondary N) is 3. The highest BCUT2D eigenvalue weighted by Crippen LogP contribution is 2.15. The van der Waals surface area contributed by atoms with E-state index in [9.17, 15) is 9.59 Å². The number of rotatable bonds is 9. The number of allylic oxidation sites excluding steroid dienone is 5. The van der Waals surface area contributed by atoms with Crippen LogP contribution in [0.5, 0.6) is 0 Å². The standard InChI is InChI=1S/C26H27N5O2/c1-3-4-7-12-20(2)17-22-18-24(31(30-22)23-15-10-6-11-16-23)26(33)29-28-25(32)19-27-21-13-8-5-9-14-21/h3-16,18,27H,1,17,19H2,2H3,(H,28,32)(H,29,33)/b7-4-,20-12+. The van der Waals surface area contributed by atoms with Crippen molar-refractivity contribution in [3.8, 4) is 5.69 Å². The normalized spacial score (nSPS) is 11.2. The van der Waals surface area contributed by atoms with E-state index in [0.717, 1.165) is 22.6 Å². The topological polar surface area (TPSA) is 88.0 Å². The van der Waals surface area contributed by atoms with Gasteiger partial charge in [0.2, 0.25) is 0 Å². The van der Waals surface area contributed by atoms with Gasteiger partial charge in [-0.1, -0.05) is 72.9 Å². The van der Waals surface area contributed by atoms with Crippen LogP contribution in [0.1, 0.15) is 23.1 Å². The first-order valence-electron chi connectivity index (χ1n) is 10.5. The molecule has 1 heterocycles. The molecule has 33 heavy (non-hydrogen) atoms. The molecule has 7 heteroatoms. The number of carbonyl (C=O) groups excluding carboxylic acids is 2. The smallest absolute Gasteiger partial charge is 0.288 e. The Balaban J connectivity index is 1.70. The van der Waals surface area contributed by atoms with Gasteiger partial charge in [0.05, 0.1) is 17.9 Å². The first-order chi connectivity index (χ1) is 16.1. The van der Waals surface area contributed by atoms with Gasteiger partial charge in [-0.25, -0.2) is 4.68 Å². The number of carbonyl (C=O) groups is 2. The molecule has 0 aliphatic heterocycles. The maximum Gasteiger partial charge on any atom is 0.288 e. The minimum absolute atomic E-state index is 0.0235. The second-order valence-electron chi connectivity index (χ2n) is 7.30. The van der Waals surface area contributed by atoms with Crippen LogP contribution >= 0.6 is 0 Å². The van der Waals surface area contributed by atoms with Crippen molar-refractivity contribution in [1.82, 2.24) is 20.6 Å². The third-order valence-electron chi connectivity index (χ3n) is 4.62. The van der Waals surface area contributed by atoms with Crippen LogP contribution in [-0.2, 0) is 11.2 Å². The summed E-state index contributed by atoms with van der Waals surface area (Å²) in [6.45, 7) is 5.67. The van der Waals surface area contributed by atoms with Gasteiger partial charge in [-0.3, -0.25) is 20.4 Å². The third kappa shape index (κ3) is 7.07. The molecule has 2 aromatic carbocycles. The van der Waals surface area contributed by atoms with Crippen molar-refractivity contribution < 1.29 is 9.59 Å². The highest BCUT2D eigenvalue weighted by atomic mass is 16.2. The molecule has 1 aromatic heterocycles. The fourth-order valence-electron chi connectivity index (χ4n) is 3.06. The average molecular weight is 442 g/mol. The molecule has 0 saturated carbocycles. The highest BCUT2D eigenvalue weighted by molar-refractivity contribution is 5.95. The lowest BCUT2D eigenvalue weighted by Gasteiger charge is -2.10. The van der Waals surface area contributed by atoms with Gasteiger partial charge in [-0.15, -0.1) is 0 Å². The quantitative estimate of drug-likeness (QED) is 0.346. The van der Waals surface area contributed by atoms with Gasteiger partial charge in [0.25, 0.3) is 11.8 Å². The van der Waals surface area contributed by atoms with E-state index in [1.807, 2.05) is 85.8 Å². The Hall–Kier alpha value is -4.39. The van der Waals surface area contributed by atoms with Crippen LogP contribution in [0.25, 0.3) is 5.69 Å². The largest absolute Gasteiger partial charge is 0.376 e. The fourth-order valence-corrected chi connectivity index (χ4v) is 3.06. The molecule has 0 unspecified atom stereocenters. The number of hydrazine groups is 1. The molecule has 0 aliphatic rings. The molecule has 3 N–H and O–H groups in total. The van der Waals surface area contributed by atoms with Crippen LogP contribution in [-0.4, -0.2) is 28.1 Å². The highest BCUT2D eigenvalue weighted by Gasteiger charge is 2.17. The number of benzene rings is 2. The van der Waals surface area contributed by atoms with Gasteiger partial charge in [-0.05, 0) is 37.3 Å². The number of para-hydroxylation sites is 2. The van der Waals surface area contributed by atoms with E-state index in [0.29, 0.717) is 12.1 Å². The fraction of sp³-hybridized carbons (Fsp3) is 0.115. The second-order valence-corrected chi connectivity index (χ2v) is 7.30. The number of hydrogen-bond acceptors (Lipinski definition) is 4. The predicted octanol–water partition coefficient (Wildman–Crippen LogP) is 3.98. The summed E-state index contributed by atoms with van der Waals surface area (Å²) in [4.78, 5) is 25.0. The minimum Gasteiger partial charge on any atom is -0.376 e. The summed E-state index contributed by atoms with van der Waals surface area (Å²) in [7, 11) is 0. The van der Waals surface area contributed by atoms with E-state index in [2.05, 4.69) is 27.8 Å². The van der Waals surface area contributed by atoms with Crippen LogP contribution < -0.4 is 16.2 Å². The molecule has 0 saturated heterocycles. The van der Waals surface area contributed by atoms with Gasteiger partial charge in [0.15, 0.2) is 0 Å². The molecule has 3 aromatic rings. The van der Waals surface area contributed by atoms with Crippen LogP contribution in [0.3, 0.4) is 0 Å². The Morgan fingerprint density at radius 1 is 1.00 bits per heavy atom. The molecule has 7 nitrogen and oxygen atoms in total. The lowest BCUT2D eigenvalue weighted by Crippen LogP contribution is -2.44. The summed E-state index contributed by atoms with van der Waals surface area (Å²) in [5, 5.41) is 7.61. The van der Waals surface area contributed by atoms with Crippen molar-refractivity contribution in [2.75, 3.05) is 11.9 Å². The maximum atomic E-state index is 12.9. The summed E-state index contributed by atoms with van der Waals surface area (Å²) in [6, 6.07) is 20.5. The van der Waals surface area contributed by atoms with Crippen molar-refractivity contribution in [2.45, 2.75) is 13.3 Å². The molecule has 0 spiro atoms. The van der Waals surface area contributed by atoms with E-state index in [1.165, 1.54) is 0 Å². The van der Waals surface area contributed by atoms with E-state index in [4.69, 9.17) is 0 Å². The van der Waals surface area contributed by atoms with E-state index < -0.39 is 5.91 Å². The van der Waals surface area contributed by atoms with Crippen molar-refractivity contribution in [2.24, 2.45) is 0 Å². The first-order valence-corrected chi connectivity index (χ1v) is 10.5. The Morgan fingerprint density at radius 3 is 2.39 bits per heavy atom. The summed E-state index contributed by atoms with van der Waals surface area (Å²) in [5.41, 5.74) is 8.63. The summed E-state index contributed by atoms with van der Waals surface area (Å²) in [5.74, 6) is -0.829. The minimum atomic E-state index is -0.459. The predicted molar refractivity (Wildman–Crippen MR) is 131 cm³/mol. The van der Waals surface area contributed by atoms with Crippen molar-refractivity contribution in [1.29, 1.82) is 0 Å². The van der Waals surface area contributed by atoms with E-state index in [-0.39, 0.29) is 12.5 Å². The summed E-state index contributed by atoms with van der Waals surface area (Å²) < 4.78 is 1.58.